The summed E-state index contributed by atoms with van der Waals surface area (Å²) in [5, 5.41) is 1.92. The van der Waals surface area contributed by atoms with Crippen LogP contribution in [0.2, 0.25) is 0 Å². The van der Waals surface area contributed by atoms with Crippen molar-refractivity contribution in [2.45, 2.75) is 13.0 Å². The molecule has 148 valence electrons. The number of thiazole rings is 1. The van der Waals surface area contributed by atoms with Crippen LogP contribution >= 0.6 is 22.7 Å². The van der Waals surface area contributed by atoms with Gasteiger partial charge >= 0.3 is 5.97 Å². The first kappa shape index (κ1) is 19.4. The van der Waals surface area contributed by atoms with E-state index >= 15 is 0 Å². The van der Waals surface area contributed by atoms with Crippen molar-refractivity contribution in [1.82, 2.24) is 4.57 Å². The van der Waals surface area contributed by atoms with E-state index in [1.165, 1.54) is 29.8 Å². The molecule has 1 aliphatic rings. The minimum atomic E-state index is -0.545. The highest BCUT2D eigenvalue weighted by Crippen LogP contribution is 2.32. The van der Waals surface area contributed by atoms with Crippen LogP contribution in [0.3, 0.4) is 0 Å². The molecule has 0 radical (unpaired) electrons. The first-order chi connectivity index (χ1) is 14.0. The molecule has 0 aliphatic carbocycles. The maximum absolute atomic E-state index is 13.3. The third-order valence-electron chi connectivity index (χ3n) is 4.65. The lowest BCUT2D eigenvalue weighted by molar-refractivity contribution is -0.136. The first-order valence-electron chi connectivity index (χ1n) is 8.82. The standard InChI is InChI=1S/C21H18N2O4S2/c1-12-17(20(25)27-3)18(15-5-4-10-28-15)23-19(24)16(29-21(23)22-12)11-13-6-8-14(26-2)9-7-13/h4-11,18H,1-3H3/b16-11+/t18-/m0/s1. The van der Waals surface area contributed by atoms with Gasteiger partial charge in [0.15, 0.2) is 4.80 Å². The summed E-state index contributed by atoms with van der Waals surface area (Å²) in [6, 6.07) is 10.7. The monoisotopic (exact) mass is 426 g/mol. The lowest BCUT2D eigenvalue weighted by Crippen LogP contribution is -2.39. The number of hydrogen-bond donors (Lipinski definition) is 0. The molecule has 1 atom stereocenters. The summed E-state index contributed by atoms with van der Waals surface area (Å²) in [5.74, 6) is 0.272. The Balaban J connectivity index is 1.92. The summed E-state index contributed by atoms with van der Waals surface area (Å²) in [6.45, 7) is 1.77. The zero-order chi connectivity index (χ0) is 20.5. The molecule has 0 spiro atoms. The smallest absolute Gasteiger partial charge is 0.338 e. The van der Waals surface area contributed by atoms with Gasteiger partial charge in [0.05, 0.1) is 30.0 Å². The Morgan fingerprint density at radius 2 is 1.97 bits per heavy atom. The van der Waals surface area contributed by atoms with Crippen molar-refractivity contribution in [2.75, 3.05) is 14.2 Å². The zero-order valence-corrected chi connectivity index (χ0v) is 17.7. The van der Waals surface area contributed by atoms with E-state index in [9.17, 15) is 9.59 Å². The van der Waals surface area contributed by atoms with Crippen LogP contribution < -0.4 is 19.6 Å². The fourth-order valence-corrected chi connectivity index (χ4v) is 5.13. The minimum absolute atomic E-state index is 0.183. The molecule has 2 aromatic heterocycles. The number of nitrogens with zero attached hydrogens (tertiary/aromatic N) is 2. The van der Waals surface area contributed by atoms with E-state index < -0.39 is 12.0 Å². The topological polar surface area (TPSA) is 69.9 Å². The molecule has 8 heteroatoms. The van der Waals surface area contributed by atoms with E-state index in [0.29, 0.717) is 20.6 Å². The van der Waals surface area contributed by atoms with Gasteiger partial charge in [-0.15, -0.1) is 11.3 Å². The zero-order valence-electron chi connectivity index (χ0n) is 16.0. The largest absolute Gasteiger partial charge is 0.497 e. The molecular formula is C21H18N2O4S2. The van der Waals surface area contributed by atoms with Gasteiger partial charge in [0.1, 0.15) is 11.8 Å². The molecule has 6 nitrogen and oxygen atoms in total. The van der Waals surface area contributed by atoms with Crippen molar-refractivity contribution >= 4 is 34.7 Å². The molecule has 0 fully saturated rings. The van der Waals surface area contributed by atoms with Crippen molar-refractivity contribution in [3.05, 3.63) is 83.2 Å². The quantitative estimate of drug-likeness (QED) is 0.601. The molecule has 0 saturated heterocycles. The van der Waals surface area contributed by atoms with Crippen molar-refractivity contribution < 1.29 is 14.3 Å². The summed E-state index contributed by atoms with van der Waals surface area (Å²) in [7, 11) is 2.95. The fourth-order valence-electron chi connectivity index (χ4n) is 3.26. The van der Waals surface area contributed by atoms with Gasteiger partial charge in [-0.25, -0.2) is 9.79 Å². The highest BCUT2D eigenvalue weighted by molar-refractivity contribution is 7.10. The molecule has 0 amide bonds. The number of benzene rings is 1. The molecular weight excluding hydrogens is 408 g/mol. The number of rotatable bonds is 4. The van der Waals surface area contributed by atoms with Crippen molar-refractivity contribution in [3.63, 3.8) is 0 Å². The summed E-state index contributed by atoms with van der Waals surface area (Å²) < 4.78 is 12.3. The Morgan fingerprint density at radius 3 is 2.59 bits per heavy atom. The van der Waals surface area contributed by atoms with Crippen molar-refractivity contribution in [3.8, 4) is 5.75 Å². The molecule has 1 aromatic carbocycles. The maximum Gasteiger partial charge on any atom is 0.338 e. The van der Waals surface area contributed by atoms with Crippen molar-refractivity contribution in [2.24, 2.45) is 4.99 Å². The Kier molecular flexibility index (Phi) is 5.21. The van der Waals surface area contributed by atoms with Crippen LogP contribution in [0.1, 0.15) is 23.4 Å². The average Bonchev–Trinajstić information content (AvgIpc) is 3.36. The Morgan fingerprint density at radius 1 is 1.21 bits per heavy atom. The lowest BCUT2D eigenvalue weighted by atomic mass is 10.0. The summed E-state index contributed by atoms with van der Waals surface area (Å²) in [6.07, 6.45) is 1.83. The molecule has 3 heterocycles. The van der Waals surface area contributed by atoms with Crippen molar-refractivity contribution in [1.29, 1.82) is 0 Å². The van der Waals surface area contributed by atoms with Gasteiger partial charge < -0.3 is 9.47 Å². The SMILES string of the molecule is COC(=O)C1=C(C)N=c2s/c(=C/c3ccc(OC)cc3)c(=O)n2[C@H]1c1cccs1. The second-order valence-corrected chi connectivity index (χ2v) is 8.35. The normalized spacial score (nSPS) is 16.4. The maximum atomic E-state index is 13.3. The third-order valence-corrected chi connectivity index (χ3v) is 6.56. The number of carbonyl (C=O) groups is 1. The number of aromatic nitrogens is 1. The number of methoxy groups -OCH3 is 2. The average molecular weight is 427 g/mol. The van der Waals surface area contributed by atoms with E-state index in [2.05, 4.69) is 4.99 Å². The second kappa shape index (κ2) is 7.81. The number of hydrogen-bond acceptors (Lipinski definition) is 7. The van der Waals surface area contributed by atoms with Crippen LogP contribution in [0.25, 0.3) is 6.08 Å². The van der Waals surface area contributed by atoms with E-state index in [1.807, 2.05) is 47.9 Å². The fraction of sp³-hybridized carbons (Fsp3) is 0.190. The van der Waals surface area contributed by atoms with Crippen LogP contribution in [-0.4, -0.2) is 24.8 Å². The molecule has 0 saturated carbocycles. The number of fused-ring (bicyclic) bond motifs is 1. The highest BCUT2D eigenvalue weighted by Gasteiger charge is 2.33. The van der Waals surface area contributed by atoms with E-state index in [0.717, 1.165) is 16.2 Å². The third kappa shape index (κ3) is 3.45. The second-order valence-electron chi connectivity index (χ2n) is 6.36. The summed E-state index contributed by atoms with van der Waals surface area (Å²) >= 11 is 2.80. The lowest BCUT2D eigenvalue weighted by Gasteiger charge is -2.22. The van der Waals surface area contributed by atoms with Gasteiger partial charge in [-0.2, -0.15) is 0 Å². The highest BCUT2D eigenvalue weighted by atomic mass is 32.1. The number of esters is 1. The predicted molar refractivity (Wildman–Crippen MR) is 113 cm³/mol. The Hall–Kier alpha value is -2.97. The number of carbonyl (C=O) groups excluding carboxylic acids is 1. The number of allylic oxidation sites excluding steroid dienone is 1. The first-order valence-corrected chi connectivity index (χ1v) is 10.5. The number of ether oxygens (including phenoxy) is 2. The van der Waals surface area contributed by atoms with Crippen LogP contribution in [0, 0.1) is 0 Å². The van der Waals surface area contributed by atoms with Gasteiger partial charge in [0, 0.05) is 4.88 Å². The van der Waals surface area contributed by atoms with E-state index in [4.69, 9.17) is 9.47 Å². The van der Waals surface area contributed by atoms with Gasteiger partial charge in [-0.3, -0.25) is 9.36 Å². The number of thiophene rings is 1. The van der Waals surface area contributed by atoms with Gasteiger partial charge in [-0.1, -0.05) is 29.5 Å². The Bertz CT molecular complexity index is 1270. The molecule has 0 bridgehead atoms. The predicted octanol–water partition coefficient (Wildman–Crippen LogP) is 2.48. The van der Waals surface area contributed by atoms with Gasteiger partial charge in [0.2, 0.25) is 0 Å². The van der Waals surface area contributed by atoms with Crippen LogP contribution in [0.5, 0.6) is 5.75 Å². The van der Waals surface area contributed by atoms with Crippen LogP contribution in [0.4, 0.5) is 0 Å². The molecule has 29 heavy (non-hydrogen) atoms. The van der Waals surface area contributed by atoms with Gasteiger partial charge in [-0.05, 0) is 42.1 Å². The van der Waals surface area contributed by atoms with Crippen LogP contribution in [0.15, 0.2) is 62.8 Å². The molecule has 4 rings (SSSR count). The minimum Gasteiger partial charge on any atom is -0.497 e. The molecule has 3 aromatic rings. The van der Waals surface area contributed by atoms with Gasteiger partial charge in [0.25, 0.3) is 5.56 Å². The summed E-state index contributed by atoms with van der Waals surface area (Å²) in [4.78, 5) is 31.8. The molecule has 1 aliphatic heterocycles. The van der Waals surface area contributed by atoms with Crippen LogP contribution in [-0.2, 0) is 9.53 Å². The molecule has 0 unspecified atom stereocenters. The summed E-state index contributed by atoms with van der Waals surface area (Å²) in [5.41, 5.74) is 1.65. The molecule has 0 N–H and O–H groups in total. The van der Waals surface area contributed by atoms with E-state index in [1.54, 1.807) is 18.6 Å². The van der Waals surface area contributed by atoms with E-state index in [-0.39, 0.29) is 5.56 Å². The Labute approximate surface area is 174 Å².